The van der Waals surface area contributed by atoms with Gasteiger partial charge in [-0.3, -0.25) is 4.79 Å². The van der Waals surface area contributed by atoms with Crippen LogP contribution in [0.25, 0.3) is 21.8 Å². The lowest BCUT2D eigenvalue weighted by molar-refractivity contribution is -0.146. The van der Waals surface area contributed by atoms with E-state index in [1.54, 1.807) is 0 Å². The van der Waals surface area contributed by atoms with Crippen molar-refractivity contribution >= 4 is 45.3 Å². The first-order valence-corrected chi connectivity index (χ1v) is 9.28. The van der Waals surface area contributed by atoms with Crippen molar-refractivity contribution in [1.82, 2.24) is 10.3 Å². The van der Waals surface area contributed by atoms with Gasteiger partial charge in [0.05, 0.1) is 13.0 Å². The Kier molecular flexibility index (Phi) is 5.42. The number of H-pyrrole nitrogens is 1. The van der Waals surface area contributed by atoms with E-state index in [0.29, 0.717) is 5.02 Å². The van der Waals surface area contributed by atoms with Crippen molar-refractivity contribution in [3.8, 4) is 0 Å². The van der Waals surface area contributed by atoms with E-state index >= 15 is 0 Å². The number of methoxy groups -OCH3 is 1. The van der Waals surface area contributed by atoms with Gasteiger partial charge in [-0.1, -0.05) is 37.6 Å². The fraction of sp³-hybridized carbons (Fsp3) is 0.333. The summed E-state index contributed by atoms with van der Waals surface area (Å²) in [4.78, 5) is 27.9. The molecule has 142 valence electrons. The summed E-state index contributed by atoms with van der Waals surface area (Å²) in [5, 5.41) is 5.59. The number of hydrogen-bond acceptors (Lipinski definition) is 3. The number of esters is 1. The Labute approximate surface area is 163 Å². The van der Waals surface area contributed by atoms with Crippen molar-refractivity contribution in [2.75, 3.05) is 7.11 Å². The second-order valence-corrected chi connectivity index (χ2v) is 7.53. The Balaban J connectivity index is 1.88. The molecule has 0 unspecified atom stereocenters. The number of nitrogens with one attached hydrogen (secondary N) is 2. The largest absolute Gasteiger partial charge is 0.467 e. The highest BCUT2D eigenvalue weighted by molar-refractivity contribution is 6.31. The molecule has 2 aromatic carbocycles. The Hall–Kier alpha value is -2.53. The highest BCUT2D eigenvalue weighted by atomic mass is 35.5. The SMILES string of the molecule is COC(=O)[C@@H](NC(=O)[C@@H](C)c1ccc2c(c1)[nH]c1ccc(Cl)cc12)C(C)C. The van der Waals surface area contributed by atoms with Gasteiger partial charge in [0.2, 0.25) is 5.91 Å². The lowest BCUT2D eigenvalue weighted by Gasteiger charge is -2.22. The van der Waals surface area contributed by atoms with Gasteiger partial charge in [0.1, 0.15) is 6.04 Å². The summed E-state index contributed by atoms with van der Waals surface area (Å²) in [7, 11) is 1.32. The number of halogens is 1. The molecule has 0 bridgehead atoms. The van der Waals surface area contributed by atoms with Gasteiger partial charge in [-0.2, -0.15) is 0 Å². The predicted molar refractivity (Wildman–Crippen MR) is 108 cm³/mol. The molecule has 0 aliphatic carbocycles. The summed E-state index contributed by atoms with van der Waals surface area (Å²) in [6, 6.07) is 10.9. The number of benzene rings is 2. The summed E-state index contributed by atoms with van der Waals surface area (Å²) in [5.74, 6) is -1.11. The van der Waals surface area contributed by atoms with E-state index in [1.165, 1.54) is 7.11 Å². The van der Waals surface area contributed by atoms with E-state index in [-0.39, 0.29) is 11.8 Å². The quantitative estimate of drug-likeness (QED) is 0.639. The van der Waals surface area contributed by atoms with Gasteiger partial charge in [0.25, 0.3) is 0 Å². The minimum atomic E-state index is -0.663. The maximum absolute atomic E-state index is 12.7. The number of aromatic amines is 1. The van der Waals surface area contributed by atoms with Gasteiger partial charge in [0.15, 0.2) is 0 Å². The van der Waals surface area contributed by atoms with Gasteiger partial charge in [-0.25, -0.2) is 4.79 Å². The fourth-order valence-corrected chi connectivity index (χ4v) is 3.39. The third kappa shape index (κ3) is 3.78. The van der Waals surface area contributed by atoms with Gasteiger partial charge >= 0.3 is 5.97 Å². The molecule has 0 aliphatic rings. The van der Waals surface area contributed by atoms with Gasteiger partial charge in [-0.15, -0.1) is 0 Å². The summed E-state index contributed by atoms with van der Waals surface area (Å²) < 4.78 is 4.79. The van der Waals surface area contributed by atoms with E-state index in [4.69, 9.17) is 16.3 Å². The molecule has 2 N–H and O–H groups in total. The maximum Gasteiger partial charge on any atom is 0.328 e. The first kappa shape index (κ1) is 19.2. The molecule has 0 fully saturated rings. The van der Waals surface area contributed by atoms with Crippen LogP contribution < -0.4 is 5.32 Å². The van der Waals surface area contributed by atoms with Crippen LogP contribution in [0.4, 0.5) is 0 Å². The van der Waals surface area contributed by atoms with Crippen molar-refractivity contribution in [1.29, 1.82) is 0 Å². The van der Waals surface area contributed by atoms with Crippen molar-refractivity contribution in [2.45, 2.75) is 32.7 Å². The van der Waals surface area contributed by atoms with Crippen LogP contribution in [-0.2, 0) is 14.3 Å². The number of rotatable bonds is 5. The minimum absolute atomic E-state index is 0.0606. The monoisotopic (exact) mass is 386 g/mol. The normalized spacial score (nSPS) is 13.7. The number of hydrogen-bond donors (Lipinski definition) is 2. The molecule has 0 aliphatic heterocycles. The third-order valence-electron chi connectivity index (χ3n) is 4.90. The van der Waals surface area contributed by atoms with Crippen LogP contribution in [0.3, 0.4) is 0 Å². The van der Waals surface area contributed by atoms with Gasteiger partial charge in [0, 0.05) is 26.8 Å². The average Bonchev–Trinajstić information content (AvgIpc) is 3.01. The molecule has 3 rings (SSSR count). The highest BCUT2D eigenvalue weighted by Gasteiger charge is 2.27. The van der Waals surface area contributed by atoms with Crippen LogP contribution in [0, 0.1) is 5.92 Å². The maximum atomic E-state index is 12.7. The molecule has 1 amide bonds. The first-order chi connectivity index (χ1) is 12.8. The number of aromatic nitrogens is 1. The average molecular weight is 387 g/mol. The smallest absolute Gasteiger partial charge is 0.328 e. The molecule has 0 radical (unpaired) electrons. The van der Waals surface area contributed by atoms with Crippen LogP contribution >= 0.6 is 11.6 Å². The van der Waals surface area contributed by atoms with E-state index in [0.717, 1.165) is 27.4 Å². The van der Waals surface area contributed by atoms with E-state index in [1.807, 2.05) is 57.2 Å². The lowest BCUT2D eigenvalue weighted by Crippen LogP contribution is -2.46. The highest BCUT2D eigenvalue weighted by Crippen LogP contribution is 2.30. The number of ether oxygens (including phenoxy) is 1. The molecule has 6 heteroatoms. The van der Waals surface area contributed by atoms with Crippen LogP contribution in [0.15, 0.2) is 36.4 Å². The van der Waals surface area contributed by atoms with Gasteiger partial charge < -0.3 is 15.0 Å². The minimum Gasteiger partial charge on any atom is -0.467 e. The van der Waals surface area contributed by atoms with Gasteiger partial charge in [-0.05, 0) is 42.7 Å². The number of carbonyl (C=O) groups excluding carboxylic acids is 2. The summed E-state index contributed by atoms with van der Waals surface area (Å²) in [5.41, 5.74) is 2.80. The molecule has 27 heavy (non-hydrogen) atoms. The number of fused-ring (bicyclic) bond motifs is 3. The summed E-state index contributed by atoms with van der Waals surface area (Å²) in [6.07, 6.45) is 0. The number of carbonyl (C=O) groups is 2. The first-order valence-electron chi connectivity index (χ1n) is 8.91. The zero-order valence-electron chi connectivity index (χ0n) is 15.8. The Morgan fingerprint density at radius 3 is 2.44 bits per heavy atom. The molecule has 0 spiro atoms. The molecular formula is C21H23ClN2O3. The van der Waals surface area contributed by atoms with Crippen LogP contribution in [0.2, 0.25) is 5.02 Å². The standard InChI is InChI=1S/C21H23ClN2O3/c1-11(2)19(21(26)27-4)24-20(25)12(3)13-5-7-15-16-10-14(22)6-8-17(16)23-18(15)9-13/h5-12,19,23H,1-4H3,(H,24,25)/t12-,19-/m0/s1. The Bertz CT molecular complexity index is 1010. The van der Waals surface area contributed by atoms with Crippen molar-refractivity contribution in [2.24, 2.45) is 5.92 Å². The summed E-state index contributed by atoms with van der Waals surface area (Å²) in [6.45, 7) is 5.56. The summed E-state index contributed by atoms with van der Waals surface area (Å²) >= 11 is 6.11. The van der Waals surface area contributed by atoms with Crippen LogP contribution in [0.5, 0.6) is 0 Å². The van der Waals surface area contributed by atoms with E-state index in [9.17, 15) is 9.59 Å². The molecule has 5 nitrogen and oxygen atoms in total. The fourth-order valence-electron chi connectivity index (χ4n) is 3.22. The van der Waals surface area contributed by atoms with Crippen molar-refractivity contribution in [3.63, 3.8) is 0 Å². The topological polar surface area (TPSA) is 71.2 Å². The third-order valence-corrected chi connectivity index (χ3v) is 5.13. The Morgan fingerprint density at radius 1 is 1.04 bits per heavy atom. The molecule has 1 aromatic heterocycles. The van der Waals surface area contributed by atoms with E-state index in [2.05, 4.69) is 10.3 Å². The lowest BCUT2D eigenvalue weighted by atomic mass is 9.97. The van der Waals surface area contributed by atoms with Crippen LogP contribution in [0.1, 0.15) is 32.3 Å². The van der Waals surface area contributed by atoms with Crippen molar-refractivity contribution in [3.05, 3.63) is 47.0 Å². The zero-order chi connectivity index (χ0) is 19.7. The van der Waals surface area contributed by atoms with Crippen LogP contribution in [-0.4, -0.2) is 30.0 Å². The van der Waals surface area contributed by atoms with Crippen molar-refractivity contribution < 1.29 is 14.3 Å². The molecule has 3 aromatic rings. The molecule has 2 atom stereocenters. The molecule has 0 saturated heterocycles. The molecule has 1 heterocycles. The second kappa shape index (κ2) is 7.61. The number of amides is 1. The van der Waals surface area contributed by atoms with E-state index < -0.39 is 17.9 Å². The predicted octanol–water partition coefficient (Wildman–Crippen LogP) is 4.39. The zero-order valence-corrected chi connectivity index (χ0v) is 16.6. The second-order valence-electron chi connectivity index (χ2n) is 7.10. The molecule has 0 saturated carbocycles. The molecular weight excluding hydrogens is 364 g/mol. The Morgan fingerprint density at radius 2 is 1.78 bits per heavy atom.